The number of urea groups is 1. The molecule has 2 amide bonds. The number of nitrogens with zero attached hydrogens (tertiary/aromatic N) is 1. The van der Waals surface area contributed by atoms with Crippen molar-refractivity contribution < 1.29 is 34.0 Å². The minimum absolute atomic E-state index is 0.0319. The molecule has 1 aliphatic rings. The molecule has 6 rings (SSSR count). The molecule has 0 saturated carbocycles. The van der Waals surface area contributed by atoms with E-state index in [2.05, 4.69) is 28.5 Å². The maximum Gasteiger partial charge on any atom is 0.328 e. The third-order valence-electron chi connectivity index (χ3n) is 10.8. The average Bonchev–Trinajstić information content (AvgIpc) is 3.26. The Morgan fingerprint density at radius 2 is 1.44 bits per heavy atom. The molecule has 1 heterocycles. The van der Waals surface area contributed by atoms with Crippen LogP contribution in [0, 0.1) is 5.92 Å². The molecule has 1 fully saturated rings. The van der Waals surface area contributed by atoms with Gasteiger partial charge in [-0.15, -0.1) is 0 Å². The van der Waals surface area contributed by atoms with Crippen molar-refractivity contribution in [3.8, 4) is 11.1 Å². The van der Waals surface area contributed by atoms with Crippen LogP contribution in [0.2, 0.25) is 0 Å². The first-order valence-electron chi connectivity index (χ1n) is 19.4. The number of carbonyl (C=O) groups is 2. The van der Waals surface area contributed by atoms with E-state index >= 15 is 0 Å². The van der Waals surface area contributed by atoms with Crippen LogP contribution in [0.5, 0.6) is 0 Å². The fourth-order valence-electron chi connectivity index (χ4n) is 7.25. The number of carbonyl (C=O) groups excluding carboxylic acids is 2. The molecular weight excluding hydrogens is 719 g/mol. The van der Waals surface area contributed by atoms with Gasteiger partial charge in [-0.2, -0.15) is 0 Å². The van der Waals surface area contributed by atoms with Gasteiger partial charge in [0.05, 0.1) is 32.0 Å². The maximum atomic E-state index is 12.9. The molecule has 0 aliphatic carbocycles. The topological polar surface area (TPSA) is 130 Å². The lowest BCUT2D eigenvalue weighted by molar-refractivity contribution is -0.276. The van der Waals surface area contributed by atoms with Crippen LogP contribution in [-0.4, -0.2) is 66.0 Å². The van der Waals surface area contributed by atoms with E-state index in [9.17, 15) is 19.8 Å². The molecule has 0 spiro atoms. The third kappa shape index (κ3) is 10.7. The highest BCUT2D eigenvalue weighted by molar-refractivity contribution is 5.83. The van der Waals surface area contributed by atoms with Gasteiger partial charge in [-0.25, -0.2) is 9.59 Å². The number of methoxy groups -OCH3 is 1. The number of esters is 1. The number of aliphatic hydroxyl groups excluding tert-OH is 2. The summed E-state index contributed by atoms with van der Waals surface area (Å²) >= 11 is 0. The second-order valence-corrected chi connectivity index (χ2v) is 14.8. The quantitative estimate of drug-likeness (QED) is 0.0819. The molecule has 7 unspecified atom stereocenters. The summed E-state index contributed by atoms with van der Waals surface area (Å²) in [5, 5.41) is 26.5. The van der Waals surface area contributed by atoms with Gasteiger partial charge in [0.2, 0.25) is 0 Å². The highest BCUT2D eigenvalue weighted by atomic mass is 16.7. The van der Waals surface area contributed by atoms with E-state index in [-0.39, 0.29) is 37.3 Å². The van der Waals surface area contributed by atoms with Gasteiger partial charge in [-0.3, -0.25) is 4.90 Å². The summed E-state index contributed by atoms with van der Waals surface area (Å²) in [4.78, 5) is 27.5. The Morgan fingerprint density at radius 3 is 2.12 bits per heavy atom. The number of rotatable bonds is 15. The van der Waals surface area contributed by atoms with E-state index in [4.69, 9.17) is 14.2 Å². The fraction of sp³-hybridized carbons (Fsp3) is 0.319. The van der Waals surface area contributed by atoms with Crippen molar-refractivity contribution in [3.63, 3.8) is 0 Å². The van der Waals surface area contributed by atoms with Gasteiger partial charge in [-0.1, -0.05) is 128 Å². The Kier molecular flexibility index (Phi) is 14.2. The first-order chi connectivity index (χ1) is 27.6. The molecule has 57 heavy (non-hydrogen) atoms. The summed E-state index contributed by atoms with van der Waals surface area (Å²) in [6.45, 7) is 4.92. The molecule has 1 saturated heterocycles. The zero-order chi connectivity index (χ0) is 40.3. The molecule has 5 aromatic carbocycles. The second-order valence-electron chi connectivity index (χ2n) is 14.8. The fourth-order valence-corrected chi connectivity index (χ4v) is 7.25. The number of nitrogens with one attached hydrogen (secondary N) is 2. The Morgan fingerprint density at radius 1 is 0.789 bits per heavy atom. The summed E-state index contributed by atoms with van der Waals surface area (Å²) < 4.78 is 18.5. The molecule has 1 aliphatic heterocycles. The Balaban J connectivity index is 1.17. The average molecular weight is 772 g/mol. The van der Waals surface area contributed by atoms with Crippen molar-refractivity contribution in [1.82, 2.24) is 15.5 Å². The van der Waals surface area contributed by atoms with E-state index in [0.717, 1.165) is 44.5 Å². The number of aliphatic hydroxyl groups is 2. The third-order valence-corrected chi connectivity index (χ3v) is 10.8. The first kappa shape index (κ1) is 41.3. The first-order valence-corrected chi connectivity index (χ1v) is 19.4. The van der Waals surface area contributed by atoms with E-state index in [1.54, 1.807) is 0 Å². The van der Waals surface area contributed by atoms with Crippen molar-refractivity contribution >= 4 is 12.0 Å². The number of ether oxygens (including phenoxy) is 3. The van der Waals surface area contributed by atoms with E-state index in [1.807, 2.05) is 141 Å². The summed E-state index contributed by atoms with van der Waals surface area (Å²) in [7, 11) is 3.32. The minimum Gasteiger partial charge on any atom is -0.467 e. The van der Waals surface area contributed by atoms with Gasteiger partial charge in [0.1, 0.15) is 6.04 Å². The zero-order valence-electron chi connectivity index (χ0n) is 33.0. The molecule has 5 aromatic rings. The number of hydrogen-bond donors (Lipinski definition) is 4. The van der Waals surface area contributed by atoms with Crippen LogP contribution in [-0.2, 0) is 38.6 Å². The van der Waals surface area contributed by atoms with Crippen molar-refractivity contribution in [2.45, 2.75) is 70.1 Å². The predicted molar refractivity (Wildman–Crippen MR) is 220 cm³/mol. The Labute approximate surface area is 335 Å². The van der Waals surface area contributed by atoms with Gasteiger partial charge in [0.25, 0.3) is 0 Å². The van der Waals surface area contributed by atoms with Crippen LogP contribution in [0.1, 0.15) is 65.7 Å². The summed E-state index contributed by atoms with van der Waals surface area (Å²) in [6, 6.07) is 41.5. The largest absolute Gasteiger partial charge is 0.467 e. The molecule has 10 nitrogen and oxygen atoms in total. The van der Waals surface area contributed by atoms with Gasteiger partial charge < -0.3 is 35.1 Å². The van der Waals surface area contributed by atoms with Gasteiger partial charge in [-0.05, 0) is 65.0 Å². The molecule has 7 atom stereocenters. The van der Waals surface area contributed by atoms with E-state index in [0.29, 0.717) is 13.0 Å². The highest BCUT2D eigenvalue weighted by Crippen LogP contribution is 2.42. The standard InChI is InChI=1S/C47H53N3O7/c1-31-42(29-50(3)32(2)43(52)36-16-9-6-10-17-36)56-46(57-44(31)37-23-21-34(30-51)22-24-37)40-20-12-19-39(27-40)38-18-11-15-35(25-38)28-48-47(54)49-41(45(53)55-4)26-33-13-7-5-8-14-33/h5-25,27,31-32,41-44,46,51-52H,26,28-30H2,1-4H3,(H2,48,49,54). The van der Waals surface area contributed by atoms with Gasteiger partial charge in [0.15, 0.2) is 6.29 Å². The Hall–Kier alpha value is -5.36. The summed E-state index contributed by atoms with van der Waals surface area (Å²) in [6.07, 6.45) is -1.57. The number of hydrogen-bond acceptors (Lipinski definition) is 8. The molecular formula is C47H53N3O7. The molecule has 298 valence electrons. The normalized spacial score (nSPS) is 19.6. The lowest BCUT2D eigenvalue weighted by Crippen LogP contribution is -2.47. The monoisotopic (exact) mass is 771 g/mol. The van der Waals surface area contributed by atoms with Crippen LogP contribution in [0.15, 0.2) is 133 Å². The number of benzene rings is 5. The van der Waals surface area contributed by atoms with Crippen molar-refractivity contribution in [1.29, 1.82) is 0 Å². The molecule has 0 aromatic heterocycles. The van der Waals surface area contributed by atoms with Crippen LogP contribution >= 0.6 is 0 Å². The zero-order valence-corrected chi connectivity index (χ0v) is 33.0. The van der Waals surface area contributed by atoms with Crippen molar-refractivity contribution in [3.05, 3.63) is 167 Å². The maximum absolute atomic E-state index is 12.9. The smallest absolute Gasteiger partial charge is 0.328 e. The minimum atomic E-state index is -0.831. The predicted octanol–water partition coefficient (Wildman–Crippen LogP) is 7.27. The number of amides is 2. The van der Waals surface area contributed by atoms with Crippen LogP contribution < -0.4 is 10.6 Å². The van der Waals surface area contributed by atoms with Crippen LogP contribution in [0.4, 0.5) is 4.79 Å². The lowest BCUT2D eigenvalue weighted by Gasteiger charge is -2.43. The van der Waals surface area contributed by atoms with Gasteiger partial charge >= 0.3 is 12.0 Å². The second kappa shape index (κ2) is 19.7. The molecule has 4 N–H and O–H groups in total. The summed E-state index contributed by atoms with van der Waals surface area (Å²) in [5.74, 6) is -0.549. The van der Waals surface area contributed by atoms with Crippen LogP contribution in [0.25, 0.3) is 11.1 Å². The Bertz CT molecular complexity index is 2050. The van der Waals surface area contributed by atoms with Crippen LogP contribution in [0.3, 0.4) is 0 Å². The highest BCUT2D eigenvalue weighted by Gasteiger charge is 2.39. The number of likely N-dealkylation sites (N-methyl/N-ethyl adjacent to an activating group) is 1. The van der Waals surface area contributed by atoms with E-state index in [1.165, 1.54) is 7.11 Å². The summed E-state index contributed by atoms with van der Waals surface area (Å²) in [5.41, 5.74) is 7.24. The van der Waals surface area contributed by atoms with E-state index < -0.39 is 30.4 Å². The molecule has 0 radical (unpaired) electrons. The molecule has 0 bridgehead atoms. The lowest BCUT2D eigenvalue weighted by atomic mass is 9.89. The SMILES string of the molecule is COC(=O)C(Cc1ccccc1)NC(=O)NCc1cccc(-c2cccc(C3OC(CN(C)C(C)C(O)c4ccccc4)C(C)C(c4ccc(CO)cc4)O3)c2)c1. The van der Waals surface area contributed by atoms with Crippen molar-refractivity contribution in [2.75, 3.05) is 20.7 Å². The molecule has 10 heteroatoms. The van der Waals surface area contributed by atoms with Gasteiger partial charge in [0, 0.05) is 37.0 Å². The van der Waals surface area contributed by atoms with Crippen molar-refractivity contribution in [2.24, 2.45) is 5.92 Å².